The summed E-state index contributed by atoms with van der Waals surface area (Å²) in [6, 6.07) is 18.0. The number of hydrogen-bond acceptors (Lipinski definition) is 2. The van der Waals surface area contributed by atoms with Crippen LogP contribution in [0.2, 0.25) is 0 Å². The molecule has 0 radical (unpaired) electrons. The molecular formula is C17H16INO2. The summed E-state index contributed by atoms with van der Waals surface area (Å²) in [6.07, 6.45) is -0.576. The summed E-state index contributed by atoms with van der Waals surface area (Å²) in [5.41, 5.74) is 2.18. The summed E-state index contributed by atoms with van der Waals surface area (Å²) < 4.78 is 6.68. The Morgan fingerprint density at radius 3 is 2.43 bits per heavy atom. The zero-order valence-corrected chi connectivity index (χ0v) is 13.8. The summed E-state index contributed by atoms with van der Waals surface area (Å²) in [7, 11) is 0. The number of amides is 1. The molecule has 0 saturated carbocycles. The lowest BCUT2D eigenvalue weighted by Crippen LogP contribution is -2.42. The third-order valence-corrected chi connectivity index (χ3v) is 4.86. The van der Waals surface area contributed by atoms with E-state index in [9.17, 15) is 4.79 Å². The van der Waals surface area contributed by atoms with Gasteiger partial charge >= 0.3 is 6.09 Å². The number of carbonyl (C=O) groups is 1. The molecule has 1 amide bonds. The summed E-state index contributed by atoms with van der Waals surface area (Å²) in [5.74, 6) is 0.154. The van der Waals surface area contributed by atoms with Crippen molar-refractivity contribution >= 4 is 28.7 Å². The number of ether oxygens (including phenoxy) is 1. The predicted octanol–water partition coefficient (Wildman–Crippen LogP) is 4.45. The topological polar surface area (TPSA) is 38.3 Å². The first-order chi connectivity index (χ1) is 10.2. The number of carbonyl (C=O) groups excluding carboxylic acids is 1. The molecule has 1 aliphatic rings. The van der Waals surface area contributed by atoms with Gasteiger partial charge in [0.05, 0.1) is 6.04 Å². The molecule has 2 aromatic rings. The van der Waals surface area contributed by atoms with E-state index in [1.807, 2.05) is 42.5 Å². The predicted molar refractivity (Wildman–Crippen MR) is 89.9 cm³/mol. The van der Waals surface area contributed by atoms with Crippen LogP contribution < -0.4 is 5.32 Å². The third kappa shape index (κ3) is 2.90. The van der Waals surface area contributed by atoms with Crippen LogP contribution in [0.3, 0.4) is 0 Å². The van der Waals surface area contributed by atoms with Gasteiger partial charge in [0, 0.05) is 9.49 Å². The highest BCUT2D eigenvalue weighted by Crippen LogP contribution is 2.39. The summed E-state index contributed by atoms with van der Waals surface area (Å²) in [5, 5.41) is 2.96. The molecule has 3 rings (SSSR count). The monoisotopic (exact) mass is 393 g/mol. The summed E-state index contributed by atoms with van der Waals surface area (Å²) >= 11 is 2.31. The van der Waals surface area contributed by atoms with Crippen LogP contribution in [0.4, 0.5) is 4.79 Å². The molecule has 1 fully saturated rings. The Labute approximate surface area is 137 Å². The lowest BCUT2D eigenvalue weighted by Gasteiger charge is -2.37. The van der Waals surface area contributed by atoms with Gasteiger partial charge in [-0.15, -0.1) is 0 Å². The van der Waals surface area contributed by atoms with E-state index in [1.54, 1.807) is 0 Å². The van der Waals surface area contributed by atoms with Crippen molar-refractivity contribution in [2.24, 2.45) is 5.92 Å². The van der Waals surface area contributed by atoms with Crippen LogP contribution in [0.25, 0.3) is 0 Å². The maximum absolute atomic E-state index is 12.0. The van der Waals surface area contributed by atoms with Crippen LogP contribution >= 0.6 is 22.6 Å². The van der Waals surface area contributed by atoms with Crippen LogP contribution in [0.1, 0.15) is 30.2 Å². The SMILES string of the molecule is C[C@@H]1[C@@H](c2ccccc2I)NC(=O)O[C@H]1c1ccccc1. The number of halogens is 1. The lowest BCUT2D eigenvalue weighted by atomic mass is 9.86. The van der Waals surface area contributed by atoms with Crippen molar-refractivity contribution in [1.82, 2.24) is 5.32 Å². The average Bonchev–Trinajstić information content (AvgIpc) is 2.51. The molecule has 2 aromatic carbocycles. The van der Waals surface area contributed by atoms with E-state index in [0.29, 0.717) is 0 Å². The number of rotatable bonds is 2. The van der Waals surface area contributed by atoms with Crippen molar-refractivity contribution in [2.75, 3.05) is 0 Å². The smallest absolute Gasteiger partial charge is 0.408 e. The molecule has 0 aliphatic carbocycles. The molecular weight excluding hydrogens is 377 g/mol. The Balaban J connectivity index is 1.96. The van der Waals surface area contributed by atoms with Gasteiger partial charge in [-0.2, -0.15) is 0 Å². The van der Waals surface area contributed by atoms with Crippen molar-refractivity contribution < 1.29 is 9.53 Å². The fourth-order valence-corrected chi connectivity index (χ4v) is 3.52. The van der Waals surface area contributed by atoms with E-state index >= 15 is 0 Å². The molecule has 1 heterocycles. The fraction of sp³-hybridized carbons (Fsp3) is 0.235. The second-order valence-electron chi connectivity index (χ2n) is 5.24. The van der Waals surface area contributed by atoms with E-state index in [-0.39, 0.29) is 24.2 Å². The first-order valence-corrected chi connectivity index (χ1v) is 8.01. The van der Waals surface area contributed by atoms with Crippen LogP contribution in [0, 0.1) is 9.49 Å². The van der Waals surface area contributed by atoms with Crippen molar-refractivity contribution in [1.29, 1.82) is 0 Å². The number of alkyl carbamates (subject to hydrolysis) is 1. The van der Waals surface area contributed by atoms with Crippen LogP contribution in [-0.2, 0) is 4.74 Å². The highest BCUT2D eigenvalue weighted by Gasteiger charge is 2.37. The van der Waals surface area contributed by atoms with Gasteiger partial charge in [0.1, 0.15) is 6.10 Å². The molecule has 1 saturated heterocycles. The van der Waals surface area contributed by atoms with Crippen LogP contribution in [0.5, 0.6) is 0 Å². The molecule has 1 aliphatic heterocycles. The molecule has 0 spiro atoms. The van der Waals surface area contributed by atoms with Crippen molar-refractivity contribution in [2.45, 2.75) is 19.1 Å². The van der Waals surface area contributed by atoms with Crippen LogP contribution in [-0.4, -0.2) is 6.09 Å². The largest absolute Gasteiger partial charge is 0.441 e. The van der Waals surface area contributed by atoms with Crippen LogP contribution in [0.15, 0.2) is 54.6 Å². The highest BCUT2D eigenvalue weighted by molar-refractivity contribution is 14.1. The van der Waals surface area contributed by atoms with E-state index in [4.69, 9.17) is 4.74 Å². The number of cyclic esters (lactones) is 1. The van der Waals surface area contributed by atoms with E-state index in [1.165, 1.54) is 0 Å². The number of benzene rings is 2. The molecule has 4 heteroatoms. The number of hydrogen-bond donors (Lipinski definition) is 1. The Bertz CT molecular complexity index is 644. The minimum absolute atomic E-state index is 0.0374. The Morgan fingerprint density at radius 2 is 1.71 bits per heavy atom. The van der Waals surface area contributed by atoms with Gasteiger partial charge in [0.15, 0.2) is 0 Å². The molecule has 0 unspecified atom stereocenters. The summed E-state index contributed by atoms with van der Waals surface area (Å²) in [6.45, 7) is 2.12. The minimum atomic E-state index is -0.355. The maximum atomic E-state index is 12.0. The van der Waals surface area contributed by atoms with E-state index in [0.717, 1.165) is 14.7 Å². The van der Waals surface area contributed by atoms with Gasteiger partial charge in [-0.05, 0) is 39.8 Å². The molecule has 21 heavy (non-hydrogen) atoms. The summed E-state index contributed by atoms with van der Waals surface area (Å²) in [4.78, 5) is 12.0. The van der Waals surface area contributed by atoms with Gasteiger partial charge < -0.3 is 10.1 Å². The highest BCUT2D eigenvalue weighted by atomic mass is 127. The maximum Gasteiger partial charge on any atom is 0.408 e. The first kappa shape index (κ1) is 14.4. The second kappa shape index (κ2) is 6.05. The Kier molecular flexibility index (Phi) is 4.14. The molecule has 0 aromatic heterocycles. The zero-order valence-electron chi connectivity index (χ0n) is 11.6. The van der Waals surface area contributed by atoms with Gasteiger partial charge in [-0.1, -0.05) is 55.5 Å². The van der Waals surface area contributed by atoms with Crippen molar-refractivity contribution in [3.8, 4) is 0 Å². The second-order valence-corrected chi connectivity index (χ2v) is 6.40. The average molecular weight is 393 g/mol. The Morgan fingerprint density at radius 1 is 1.05 bits per heavy atom. The molecule has 3 nitrogen and oxygen atoms in total. The molecule has 0 bridgehead atoms. The van der Waals surface area contributed by atoms with Gasteiger partial charge in [0.2, 0.25) is 0 Å². The van der Waals surface area contributed by atoms with Gasteiger partial charge in [-0.3, -0.25) is 0 Å². The number of nitrogens with one attached hydrogen (secondary N) is 1. The molecule has 3 atom stereocenters. The zero-order chi connectivity index (χ0) is 14.8. The van der Waals surface area contributed by atoms with Crippen molar-refractivity contribution in [3.05, 3.63) is 69.3 Å². The lowest BCUT2D eigenvalue weighted by molar-refractivity contribution is 0.0202. The Hall–Kier alpha value is -1.56. The van der Waals surface area contributed by atoms with Gasteiger partial charge in [0.25, 0.3) is 0 Å². The van der Waals surface area contributed by atoms with E-state index in [2.05, 4.69) is 47.0 Å². The quantitative estimate of drug-likeness (QED) is 0.766. The van der Waals surface area contributed by atoms with Gasteiger partial charge in [-0.25, -0.2) is 4.79 Å². The molecule has 1 N–H and O–H groups in total. The molecule has 108 valence electrons. The minimum Gasteiger partial charge on any atom is -0.441 e. The van der Waals surface area contributed by atoms with E-state index < -0.39 is 0 Å². The first-order valence-electron chi connectivity index (χ1n) is 6.93. The fourth-order valence-electron chi connectivity index (χ4n) is 2.79. The standard InChI is InChI=1S/C17H16INO2/c1-11-15(13-9-5-6-10-14(13)18)19-17(20)21-16(11)12-7-3-2-4-8-12/h2-11,15-16H,1H3,(H,19,20)/t11-,15+,16-/m1/s1. The normalized spacial score (nSPS) is 25.0. The van der Waals surface area contributed by atoms with Crippen molar-refractivity contribution in [3.63, 3.8) is 0 Å². The third-order valence-electron chi connectivity index (χ3n) is 3.88.